The van der Waals surface area contributed by atoms with Crippen LogP contribution < -0.4 is 5.32 Å². The number of carbonyl (C=O) groups is 1. The number of nitrogens with zero attached hydrogens (tertiary/aromatic N) is 1. The first-order chi connectivity index (χ1) is 14.2. The second kappa shape index (κ2) is 9.55. The number of nitrogens with one attached hydrogen (secondary N) is 1. The molecule has 4 rings (SSSR count). The first-order valence-corrected chi connectivity index (χ1v) is 11.0. The van der Waals surface area contributed by atoms with E-state index in [1.807, 2.05) is 0 Å². The summed E-state index contributed by atoms with van der Waals surface area (Å²) in [5.41, 5.74) is 5.25. The van der Waals surface area contributed by atoms with Gasteiger partial charge >= 0.3 is 5.97 Å². The summed E-state index contributed by atoms with van der Waals surface area (Å²) < 4.78 is 0. The number of carboxylic acids is 1. The van der Waals surface area contributed by atoms with Gasteiger partial charge < -0.3 is 10.4 Å². The second-order valence-corrected chi connectivity index (χ2v) is 8.61. The molecule has 0 amide bonds. The summed E-state index contributed by atoms with van der Waals surface area (Å²) in [6.07, 6.45) is 6.13. The van der Waals surface area contributed by atoms with Crippen molar-refractivity contribution in [2.45, 2.75) is 57.7 Å². The molecule has 1 aliphatic heterocycles. The molecule has 154 valence electrons. The number of rotatable bonds is 7. The van der Waals surface area contributed by atoms with Crippen LogP contribution in [-0.4, -0.2) is 35.1 Å². The Morgan fingerprint density at radius 2 is 1.66 bits per heavy atom. The molecule has 29 heavy (non-hydrogen) atoms. The molecule has 2 aliphatic rings. The van der Waals surface area contributed by atoms with Gasteiger partial charge in [-0.25, -0.2) is 0 Å². The van der Waals surface area contributed by atoms with Crippen LogP contribution in [0.4, 0.5) is 0 Å². The summed E-state index contributed by atoms with van der Waals surface area (Å²) in [5.74, 6) is -0.790. The highest BCUT2D eigenvalue weighted by molar-refractivity contribution is 5.70. The maximum Gasteiger partial charge on any atom is 0.306 e. The van der Waals surface area contributed by atoms with Gasteiger partial charge in [-0.05, 0) is 73.9 Å². The zero-order valence-electron chi connectivity index (χ0n) is 17.1. The van der Waals surface area contributed by atoms with Gasteiger partial charge in [0.05, 0.1) is 5.92 Å². The van der Waals surface area contributed by atoms with E-state index in [1.54, 1.807) is 0 Å². The first-order valence-electron chi connectivity index (χ1n) is 11.0. The first kappa shape index (κ1) is 20.1. The number of hydrogen-bond acceptors (Lipinski definition) is 3. The molecule has 0 unspecified atom stereocenters. The Balaban J connectivity index is 1.37. The molecule has 2 aromatic carbocycles. The van der Waals surface area contributed by atoms with Gasteiger partial charge in [0.15, 0.2) is 0 Å². The van der Waals surface area contributed by atoms with E-state index in [9.17, 15) is 9.90 Å². The lowest BCUT2D eigenvalue weighted by molar-refractivity contribution is -0.142. The molecule has 0 spiro atoms. The predicted octanol–water partition coefficient (Wildman–Crippen LogP) is 4.68. The largest absolute Gasteiger partial charge is 0.481 e. The summed E-state index contributed by atoms with van der Waals surface area (Å²) in [5, 5.41) is 12.8. The monoisotopic (exact) mass is 392 g/mol. The van der Waals surface area contributed by atoms with Gasteiger partial charge in [-0.15, -0.1) is 0 Å². The Morgan fingerprint density at radius 1 is 0.966 bits per heavy atom. The Labute approximate surface area is 173 Å². The topological polar surface area (TPSA) is 52.6 Å². The van der Waals surface area contributed by atoms with E-state index in [0.717, 1.165) is 38.8 Å². The predicted molar refractivity (Wildman–Crippen MR) is 117 cm³/mol. The maximum atomic E-state index is 11.1. The fourth-order valence-corrected chi connectivity index (χ4v) is 4.74. The molecule has 0 aromatic heterocycles. The summed E-state index contributed by atoms with van der Waals surface area (Å²) in [4.78, 5) is 13.7. The lowest BCUT2D eigenvalue weighted by atomic mass is 9.86. The van der Waals surface area contributed by atoms with Crippen molar-refractivity contribution in [2.75, 3.05) is 13.1 Å². The Bertz CT molecular complexity index is 804. The second-order valence-electron chi connectivity index (χ2n) is 8.61. The normalized spacial score (nSPS) is 22.6. The van der Waals surface area contributed by atoms with Gasteiger partial charge in [-0.2, -0.15) is 0 Å². The molecular formula is C25H32N2O2. The van der Waals surface area contributed by atoms with Gasteiger partial charge in [0.25, 0.3) is 0 Å². The fraction of sp³-hybridized carbons (Fsp3) is 0.480. The van der Waals surface area contributed by atoms with Crippen LogP contribution in [0.2, 0.25) is 0 Å². The number of benzene rings is 2. The molecule has 2 aromatic rings. The van der Waals surface area contributed by atoms with Gasteiger partial charge in [-0.1, -0.05) is 48.5 Å². The molecule has 2 N–H and O–H groups in total. The third-order valence-electron chi connectivity index (χ3n) is 6.54. The van der Waals surface area contributed by atoms with Crippen LogP contribution in [0.5, 0.6) is 0 Å². The van der Waals surface area contributed by atoms with Gasteiger partial charge in [-0.3, -0.25) is 9.69 Å². The van der Waals surface area contributed by atoms with Crippen LogP contribution >= 0.6 is 0 Å². The molecule has 1 heterocycles. The summed E-state index contributed by atoms with van der Waals surface area (Å²) >= 11 is 0. The number of aliphatic carboxylic acids is 1. The summed E-state index contributed by atoms with van der Waals surface area (Å²) in [7, 11) is 0. The molecule has 1 saturated carbocycles. The molecule has 2 fully saturated rings. The lowest BCUT2D eigenvalue weighted by Gasteiger charge is -2.27. The summed E-state index contributed by atoms with van der Waals surface area (Å²) in [6, 6.07) is 18.1. The fourth-order valence-electron chi connectivity index (χ4n) is 4.74. The standard InChI is InChI=1S/C25H32N2O2/c28-25(29)21-11-13-23(14-12-21)26-17-22-5-1-2-6-24(22)20-9-7-19(8-10-20)18-27-15-3-4-16-27/h1-2,5-10,21,23,26H,3-4,11-18H2,(H,28,29). The quantitative estimate of drug-likeness (QED) is 0.718. The Morgan fingerprint density at radius 3 is 2.34 bits per heavy atom. The highest BCUT2D eigenvalue weighted by atomic mass is 16.4. The van der Waals surface area contributed by atoms with Crippen LogP contribution in [0.3, 0.4) is 0 Å². The minimum absolute atomic E-state index is 0.153. The molecule has 0 radical (unpaired) electrons. The van der Waals surface area contributed by atoms with E-state index in [4.69, 9.17) is 0 Å². The van der Waals surface area contributed by atoms with E-state index in [0.29, 0.717) is 6.04 Å². The van der Waals surface area contributed by atoms with Crippen molar-refractivity contribution >= 4 is 5.97 Å². The van der Waals surface area contributed by atoms with E-state index in [1.165, 1.54) is 48.2 Å². The van der Waals surface area contributed by atoms with Crippen molar-refractivity contribution in [1.82, 2.24) is 10.2 Å². The van der Waals surface area contributed by atoms with Crippen LogP contribution in [0.15, 0.2) is 48.5 Å². The maximum absolute atomic E-state index is 11.1. The number of carboxylic acid groups (broad SMARTS) is 1. The van der Waals surface area contributed by atoms with Gasteiger partial charge in [0.1, 0.15) is 0 Å². The molecule has 0 atom stereocenters. The zero-order valence-corrected chi connectivity index (χ0v) is 17.1. The van der Waals surface area contributed by atoms with E-state index < -0.39 is 5.97 Å². The lowest BCUT2D eigenvalue weighted by Crippen LogP contribution is -2.34. The third-order valence-corrected chi connectivity index (χ3v) is 6.54. The summed E-state index contributed by atoms with van der Waals surface area (Å²) in [6.45, 7) is 4.34. The van der Waals surface area contributed by atoms with Crippen LogP contribution in [-0.2, 0) is 17.9 Å². The van der Waals surface area contributed by atoms with Crippen molar-refractivity contribution in [1.29, 1.82) is 0 Å². The third kappa shape index (κ3) is 5.26. The average molecular weight is 393 g/mol. The minimum atomic E-state index is -0.637. The molecule has 1 saturated heterocycles. The molecule has 4 heteroatoms. The SMILES string of the molecule is O=C(O)C1CCC(NCc2ccccc2-c2ccc(CN3CCCC3)cc2)CC1. The highest BCUT2D eigenvalue weighted by Crippen LogP contribution is 2.27. The van der Waals surface area contributed by atoms with Gasteiger partial charge in [0, 0.05) is 19.1 Å². The molecule has 0 bridgehead atoms. The average Bonchev–Trinajstić information content (AvgIpc) is 3.26. The van der Waals surface area contributed by atoms with E-state index in [-0.39, 0.29) is 5.92 Å². The van der Waals surface area contributed by atoms with Crippen LogP contribution in [0.25, 0.3) is 11.1 Å². The highest BCUT2D eigenvalue weighted by Gasteiger charge is 2.25. The Kier molecular flexibility index (Phi) is 6.63. The van der Waals surface area contributed by atoms with E-state index >= 15 is 0 Å². The van der Waals surface area contributed by atoms with Crippen LogP contribution in [0.1, 0.15) is 49.7 Å². The van der Waals surface area contributed by atoms with Crippen molar-refractivity contribution < 1.29 is 9.90 Å². The number of likely N-dealkylation sites (tertiary alicyclic amines) is 1. The van der Waals surface area contributed by atoms with Crippen molar-refractivity contribution in [2.24, 2.45) is 5.92 Å². The van der Waals surface area contributed by atoms with Crippen LogP contribution in [0, 0.1) is 5.92 Å². The molecule has 4 nitrogen and oxygen atoms in total. The smallest absolute Gasteiger partial charge is 0.306 e. The molecule has 1 aliphatic carbocycles. The zero-order chi connectivity index (χ0) is 20.1. The van der Waals surface area contributed by atoms with Crippen molar-refractivity contribution in [3.8, 4) is 11.1 Å². The number of hydrogen-bond donors (Lipinski definition) is 2. The van der Waals surface area contributed by atoms with Gasteiger partial charge in [0.2, 0.25) is 0 Å². The Hall–Kier alpha value is -2.17. The minimum Gasteiger partial charge on any atom is -0.481 e. The van der Waals surface area contributed by atoms with E-state index in [2.05, 4.69) is 58.7 Å². The van der Waals surface area contributed by atoms with Crippen molar-refractivity contribution in [3.05, 3.63) is 59.7 Å². The van der Waals surface area contributed by atoms with Crippen molar-refractivity contribution in [3.63, 3.8) is 0 Å². The molecular weight excluding hydrogens is 360 g/mol.